The van der Waals surface area contributed by atoms with Crippen LogP contribution < -0.4 is 11.5 Å². The average Bonchev–Trinajstić information content (AvgIpc) is 2.03. The van der Waals surface area contributed by atoms with Gasteiger partial charge in [0.2, 0.25) is 11.8 Å². The number of carbonyl (C=O) groups excluding carboxylic acids is 2. The fourth-order valence-corrected chi connectivity index (χ4v) is 1.50. The van der Waals surface area contributed by atoms with Crippen LogP contribution in [-0.2, 0) is 9.59 Å². The Morgan fingerprint density at radius 3 is 2.69 bits per heavy atom. The number of hydrogen-bond acceptors (Lipinski definition) is 3. The molecule has 74 valence electrons. The Hall–Kier alpha value is -1.10. The summed E-state index contributed by atoms with van der Waals surface area (Å²) in [7, 11) is 0. The Labute approximate surface area is 77.1 Å². The van der Waals surface area contributed by atoms with E-state index in [0.29, 0.717) is 13.1 Å². The van der Waals surface area contributed by atoms with Crippen molar-refractivity contribution in [2.24, 2.45) is 11.5 Å². The molecule has 1 rings (SSSR count). The minimum absolute atomic E-state index is 0.0468. The second-order valence-corrected chi connectivity index (χ2v) is 3.39. The van der Waals surface area contributed by atoms with Crippen molar-refractivity contribution in [1.82, 2.24) is 4.90 Å². The van der Waals surface area contributed by atoms with E-state index in [0.717, 1.165) is 12.8 Å². The van der Waals surface area contributed by atoms with E-state index in [-0.39, 0.29) is 18.4 Å². The van der Waals surface area contributed by atoms with Gasteiger partial charge in [0.25, 0.3) is 0 Å². The van der Waals surface area contributed by atoms with Gasteiger partial charge in [0.1, 0.15) is 6.42 Å². The second-order valence-electron chi connectivity index (χ2n) is 3.39. The number of primary amides is 1. The molecule has 1 atom stereocenters. The predicted molar refractivity (Wildman–Crippen MR) is 47.6 cm³/mol. The van der Waals surface area contributed by atoms with Crippen molar-refractivity contribution in [3.05, 3.63) is 0 Å². The Kier molecular flexibility index (Phi) is 3.25. The van der Waals surface area contributed by atoms with Gasteiger partial charge in [-0.15, -0.1) is 0 Å². The highest BCUT2D eigenvalue weighted by Crippen LogP contribution is 2.08. The number of amides is 2. The molecule has 13 heavy (non-hydrogen) atoms. The molecule has 1 saturated heterocycles. The molecule has 0 unspecified atom stereocenters. The maximum absolute atomic E-state index is 11.3. The smallest absolute Gasteiger partial charge is 0.232 e. The number of nitrogens with zero attached hydrogens (tertiary/aromatic N) is 1. The maximum atomic E-state index is 11.3. The van der Waals surface area contributed by atoms with Crippen molar-refractivity contribution in [2.45, 2.75) is 25.3 Å². The molecule has 5 heteroatoms. The van der Waals surface area contributed by atoms with Gasteiger partial charge in [-0.2, -0.15) is 0 Å². The third kappa shape index (κ3) is 3.02. The summed E-state index contributed by atoms with van der Waals surface area (Å²) < 4.78 is 0. The quantitative estimate of drug-likeness (QED) is 0.530. The Morgan fingerprint density at radius 2 is 2.15 bits per heavy atom. The van der Waals surface area contributed by atoms with E-state index in [9.17, 15) is 9.59 Å². The Bertz CT molecular complexity index is 217. The number of hydrogen-bond donors (Lipinski definition) is 2. The van der Waals surface area contributed by atoms with Crippen LogP contribution >= 0.6 is 0 Å². The van der Waals surface area contributed by atoms with Gasteiger partial charge in [-0.05, 0) is 12.8 Å². The summed E-state index contributed by atoms with van der Waals surface area (Å²) in [6.07, 6.45) is 1.65. The third-order valence-electron chi connectivity index (χ3n) is 2.14. The molecule has 4 N–H and O–H groups in total. The largest absolute Gasteiger partial charge is 0.369 e. The van der Waals surface area contributed by atoms with E-state index >= 15 is 0 Å². The normalized spacial score (nSPS) is 22.8. The highest BCUT2D eigenvalue weighted by molar-refractivity contribution is 5.96. The zero-order valence-electron chi connectivity index (χ0n) is 7.53. The fourth-order valence-electron chi connectivity index (χ4n) is 1.50. The molecule has 5 nitrogen and oxygen atoms in total. The third-order valence-corrected chi connectivity index (χ3v) is 2.14. The zero-order chi connectivity index (χ0) is 9.84. The summed E-state index contributed by atoms with van der Waals surface area (Å²) in [5.74, 6) is -0.785. The lowest BCUT2D eigenvalue weighted by molar-refractivity contribution is -0.136. The number of likely N-dealkylation sites (tertiary alicyclic amines) is 1. The van der Waals surface area contributed by atoms with Crippen molar-refractivity contribution >= 4 is 11.8 Å². The lowest BCUT2D eigenvalue weighted by atomic mass is 10.1. The van der Waals surface area contributed by atoms with Gasteiger partial charge < -0.3 is 16.4 Å². The number of rotatable bonds is 2. The molecule has 1 aliphatic rings. The lowest BCUT2D eigenvalue weighted by Crippen LogP contribution is -2.46. The molecule has 0 aromatic carbocycles. The second kappa shape index (κ2) is 4.23. The number of piperidine rings is 1. The Morgan fingerprint density at radius 1 is 1.46 bits per heavy atom. The summed E-state index contributed by atoms with van der Waals surface area (Å²) in [5, 5.41) is 0. The van der Waals surface area contributed by atoms with Gasteiger partial charge in [0.05, 0.1) is 0 Å². The molecular weight excluding hydrogens is 170 g/mol. The lowest BCUT2D eigenvalue weighted by Gasteiger charge is -2.30. The topological polar surface area (TPSA) is 89.4 Å². The van der Waals surface area contributed by atoms with Crippen molar-refractivity contribution < 1.29 is 9.59 Å². The monoisotopic (exact) mass is 185 g/mol. The molecular formula is C8H15N3O2. The summed E-state index contributed by atoms with van der Waals surface area (Å²) >= 11 is 0. The van der Waals surface area contributed by atoms with Crippen LogP contribution in [0.5, 0.6) is 0 Å². The first-order chi connectivity index (χ1) is 6.09. The van der Waals surface area contributed by atoms with Crippen LogP contribution in [0.2, 0.25) is 0 Å². The van der Waals surface area contributed by atoms with Crippen LogP contribution in [0.4, 0.5) is 0 Å². The van der Waals surface area contributed by atoms with Crippen molar-refractivity contribution in [1.29, 1.82) is 0 Å². The van der Waals surface area contributed by atoms with Crippen LogP contribution in [0, 0.1) is 0 Å². The maximum Gasteiger partial charge on any atom is 0.232 e. The number of carbonyl (C=O) groups is 2. The SMILES string of the molecule is NC(=O)CC(=O)N1CCC[C@@H](N)C1. The van der Waals surface area contributed by atoms with Gasteiger partial charge in [-0.3, -0.25) is 9.59 Å². The highest BCUT2D eigenvalue weighted by atomic mass is 16.2. The van der Waals surface area contributed by atoms with Crippen LogP contribution in [0.1, 0.15) is 19.3 Å². The summed E-state index contributed by atoms with van der Waals surface area (Å²) in [4.78, 5) is 23.4. The minimum Gasteiger partial charge on any atom is -0.369 e. The van der Waals surface area contributed by atoms with Crippen LogP contribution in [0.25, 0.3) is 0 Å². The fraction of sp³-hybridized carbons (Fsp3) is 0.750. The van der Waals surface area contributed by atoms with E-state index in [2.05, 4.69) is 0 Å². The standard InChI is InChI=1S/C8H15N3O2/c9-6-2-1-3-11(5-6)8(13)4-7(10)12/h6H,1-5,9H2,(H2,10,12)/t6-/m1/s1. The molecule has 2 amide bonds. The van der Waals surface area contributed by atoms with Gasteiger partial charge in [0, 0.05) is 19.1 Å². The molecule has 0 radical (unpaired) electrons. The van der Waals surface area contributed by atoms with Crippen molar-refractivity contribution in [2.75, 3.05) is 13.1 Å². The molecule has 0 bridgehead atoms. The van der Waals surface area contributed by atoms with Gasteiger partial charge in [-0.25, -0.2) is 0 Å². The van der Waals surface area contributed by atoms with Gasteiger partial charge in [0.15, 0.2) is 0 Å². The molecule has 0 spiro atoms. The number of nitrogens with two attached hydrogens (primary N) is 2. The molecule has 0 aromatic heterocycles. The molecule has 1 fully saturated rings. The van der Waals surface area contributed by atoms with Gasteiger partial charge in [-0.1, -0.05) is 0 Å². The highest BCUT2D eigenvalue weighted by Gasteiger charge is 2.21. The van der Waals surface area contributed by atoms with Crippen LogP contribution in [0.15, 0.2) is 0 Å². The summed E-state index contributed by atoms with van der Waals surface area (Å²) in [5.41, 5.74) is 10.6. The average molecular weight is 185 g/mol. The van der Waals surface area contributed by atoms with Crippen molar-refractivity contribution in [3.63, 3.8) is 0 Å². The van der Waals surface area contributed by atoms with Crippen LogP contribution in [-0.4, -0.2) is 35.8 Å². The first-order valence-electron chi connectivity index (χ1n) is 4.41. The van der Waals surface area contributed by atoms with E-state index < -0.39 is 5.91 Å². The molecule has 1 heterocycles. The summed E-state index contributed by atoms with van der Waals surface area (Å²) in [6, 6.07) is 0.0468. The van der Waals surface area contributed by atoms with Gasteiger partial charge >= 0.3 is 0 Å². The first kappa shape index (κ1) is 9.98. The first-order valence-corrected chi connectivity index (χ1v) is 4.41. The van der Waals surface area contributed by atoms with Crippen molar-refractivity contribution in [3.8, 4) is 0 Å². The Balaban J connectivity index is 2.41. The van der Waals surface area contributed by atoms with Crippen LogP contribution in [0.3, 0.4) is 0 Å². The minimum atomic E-state index is -0.579. The van der Waals surface area contributed by atoms with E-state index in [1.807, 2.05) is 0 Å². The van der Waals surface area contributed by atoms with E-state index in [1.165, 1.54) is 0 Å². The zero-order valence-corrected chi connectivity index (χ0v) is 7.53. The summed E-state index contributed by atoms with van der Waals surface area (Å²) in [6.45, 7) is 1.24. The predicted octanol–water partition coefficient (Wildman–Crippen LogP) is -1.19. The van der Waals surface area contributed by atoms with E-state index in [4.69, 9.17) is 11.5 Å². The molecule has 0 saturated carbocycles. The molecule has 1 aliphatic heterocycles. The molecule has 0 aromatic rings. The molecule has 0 aliphatic carbocycles. The van der Waals surface area contributed by atoms with E-state index in [1.54, 1.807) is 4.90 Å².